The monoisotopic (exact) mass is 766 g/mol. The maximum absolute atomic E-state index is 13.2. The van der Waals surface area contributed by atoms with E-state index < -0.39 is 70.3 Å². The van der Waals surface area contributed by atoms with Crippen molar-refractivity contribution in [2.75, 3.05) is 25.4 Å². The van der Waals surface area contributed by atoms with Gasteiger partial charge in [0.2, 0.25) is 0 Å². The van der Waals surface area contributed by atoms with Crippen LogP contribution in [0.5, 0.6) is 5.75 Å². The Bertz CT molecular complexity index is 1950. The SMILES string of the molecule is CC1(C)[C@H](NC(=O)/C(=N\O[C@H](COc2ccc3nc(CC4CNC4)cn3c2)C(=O)O)c2csc(N)n2)C(=O)N1OS(=O)(=O)O.O=C(O)C(F)(F)F. The van der Waals surface area contributed by atoms with Crippen molar-refractivity contribution in [3.8, 4) is 5.75 Å². The highest BCUT2D eigenvalue weighted by Gasteiger charge is 2.58. The predicted octanol–water partition coefficient (Wildman–Crippen LogP) is -0.139. The fourth-order valence-corrected chi connectivity index (χ4v) is 5.45. The molecule has 25 heteroatoms. The van der Waals surface area contributed by atoms with Crippen molar-refractivity contribution in [1.82, 2.24) is 30.1 Å². The minimum Gasteiger partial charge on any atom is -0.487 e. The van der Waals surface area contributed by atoms with Gasteiger partial charge >= 0.3 is 28.5 Å². The van der Waals surface area contributed by atoms with E-state index in [9.17, 15) is 41.1 Å². The summed E-state index contributed by atoms with van der Waals surface area (Å²) in [4.78, 5) is 60.3. The quantitative estimate of drug-likeness (QED) is 0.0571. The number of pyridine rings is 1. The third-order valence-electron chi connectivity index (χ3n) is 7.13. The van der Waals surface area contributed by atoms with E-state index in [0.29, 0.717) is 22.4 Å². The van der Waals surface area contributed by atoms with Gasteiger partial charge in [-0.25, -0.2) is 19.6 Å². The molecule has 51 heavy (non-hydrogen) atoms. The number of anilines is 1. The number of fused-ring (bicyclic) bond motifs is 1. The number of oxime groups is 1. The standard InChI is InChI=1S/C24H28N8O10S2.C2HF3O2/c1-24(2)19(21(34)32(24)42-44(37,38)39)29-20(33)18(15-11-43-23(25)28-15)30-41-16(22(35)36)10-40-14-3-4-17-27-13(8-31(17)9-14)5-12-6-26-7-12;3-2(4,5)1(6)7/h3-4,8-9,11-12,16,19,26H,5-7,10H2,1-2H3,(H2,25,28)(H,29,33)(H,35,36)(H,37,38,39);(H,6,7)/b30-18-;/t16-,19-;/m1./s1. The number of aromatic nitrogens is 3. The molecule has 5 heterocycles. The minimum atomic E-state index is -5.08. The van der Waals surface area contributed by atoms with Gasteiger partial charge in [0.25, 0.3) is 17.9 Å². The lowest BCUT2D eigenvalue weighted by Gasteiger charge is -2.50. The Morgan fingerprint density at radius 1 is 1.22 bits per heavy atom. The van der Waals surface area contributed by atoms with Crippen molar-refractivity contribution in [1.29, 1.82) is 0 Å². The Kier molecular flexibility index (Phi) is 11.4. The summed E-state index contributed by atoms with van der Waals surface area (Å²) in [5, 5.41) is 28.0. The molecule has 0 saturated carbocycles. The number of imidazole rings is 1. The molecule has 2 aliphatic rings. The zero-order chi connectivity index (χ0) is 37.9. The Morgan fingerprint density at radius 3 is 2.39 bits per heavy atom. The maximum atomic E-state index is 13.2. The van der Waals surface area contributed by atoms with E-state index in [2.05, 4.69) is 30.0 Å². The van der Waals surface area contributed by atoms with Crippen LogP contribution in [0.25, 0.3) is 5.65 Å². The lowest BCUT2D eigenvalue weighted by atomic mass is 9.84. The second-order valence-electron chi connectivity index (χ2n) is 11.3. The minimum absolute atomic E-state index is 0.0637. The molecule has 278 valence electrons. The fraction of sp³-hybridized carbons (Fsp3) is 0.423. The van der Waals surface area contributed by atoms with Gasteiger partial charge in [-0.1, -0.05) is 5.16 Å². The number of carboxylic acids is 2. The van der Waals surface area contributed by atoms with Gasteiger partial charge in [0.15, 0.2) is 10.8 Å². The number of nitrogen functional groups attached to an aromatic ring is 1. The number of rotatable bonds is 13. The molecule has 0 aromatic carbocycles. The molecule has 2 amide bonds. The highest BCUT2D eigenvalue weighted by molar-refractivity contribution is 7.80. The smallest absolute Gasteiger partial charge is 0.487 e. The summed E-state index contributed by atoms with van der Waals surface area (Å²) < 4.78 is 74.5. The van der Waals surface area contributed by atoms with E-state index in [-0.39, 0.29) is 10.8 Å². The van der Waals surface area contributed by atoms with Crippen molar-refractivity contribution in [2.24, 2.45) is 11.1 Å². The number of nitrogens with one attached hydrogen (secondary N) is 2. The van der Waals surface area contributed by atoms with Crippen LogP contribution in [-0.4, -0.2) is 116 Å². The van der Waals surface area contributed by atoms with Gasteiger partial charge in [0.05, 0.1) is 17.4 Å². The number of nitrogens with two attached hydrogens (primary N) is 1. The van der Waals surface area contributed by atoms with Crippen LogP contribution in [0.3, 0.4) is 0 Å². The first-order valence-electron chi connectivity index (χ1n) is 14.3. The van der Waals surface area contributed by atoms with Crippen LogP contribution in [-0.2, 0) is 45.1 Å². The first-order chi connectivity index (χ1) is 23.7. The molecule has 3 aromatic heterocycles. The van der Waals surface area contributed by atoms with Gasteiger partial charge in [0, 0.05) is 11.6 Å². The molecular weight excluding hydrogens is 737 g/mol. The number of thiazole rings is 1. The largest absolute Gasteiger partial charge is 0.490 e. The molecular formula is C26H29F3N8O12S2. The molecule has 0 unspecified atom stereocenters. The van der Waals surface area contributed by atoms with Gasteiger partial charge in [-0.3, -0.25) is 14.1 Å². The number of hydrogen-bond donors (Lipinski definition) is 6. The van der Waals surface area contributed by atoms with Crippen molar-refractivity contribution in [3.63, 3.8) is 0 Å². The molecule has 2 saturated heterocycles. The van der Waals surface area contributed by atoms with Crippen molar-refractivity contribution >= 4 is 62.0 Å². The van der Waals surface area contributed by atoms with Crippen LogP contribution in [0, 0.1) is 5.92 Å². The van der Waals surface area contributed by atoms with Gasteiger partial charge in [-0.15, -0.1) is 15.6 Å². The molecule has 5 rings (SSSR count). The van der Waals surface area contributed by atoms with Gasteiger partial charge in [-0.05, 0) is 51.4 Å². The molecule has 0 bridgehead atoms. The van der Waals surface area contributed by atoms with Crippen LogP contribution in [0.2, 0.25) is 0 Å². The number of carbonyl (C=O) groups is 4. The number of carbonyl (C=O) groups excluding carboxylic acids is 2. The maximum Gasteiger partial charge on any atom is 0.490 e. The molecule has 0 radical (unpaired) electrons. The van der Waals surface area contributed by atoms with Gasteiger partial charge < -0.3 is 40.6 Å². The summed E-state index contributed by atoms with van der Waals surface area (Å²) in [5.41, 5.74) is 5.30. The number of halogens is 3. The van der Waals surface area contributed by atoms with Crippen molar-refractivity contribution < 1.29 is 69.4 Å². The summed E-state index contributed by atoms with van der Waals surface area (Å²) in [6.45, 7) is 4.13. The second kappa shape index (κ2) is 15.0. The number of carboxylic acid groups (broad SMARTS) is 2. The van der Waals surface area contributed by atoms with E-state index in [4.69, 9.17) is 29.8 Å². The van der Waals surface area contributed by atoms with E-state index >= 15 is 0 Å². The second-order valence-corrected chi connectivity index (χ2v) is 13.2. The number of aliphatic carboxylic acids is 2. The van der Waals surface area contributed by atoms with Crippen molar-refractivity contribution in [2.45, 2.75) is 44.1 Å². The molecule has 0 aliphatic carbocycles. The van der Waals surface area contributed by atoms with Crippen LogP contribution in [0.4, 0.5) is 18.3 Å². The zero-order valence-corrected chi connectivity index (χ0v) is 27.9. The topological polar surface area (TPSA) is 287 Å². The fourth-order valence-electron chi connectivity index (χ4n) is 4.45. The van der Waals surface area contributed by atoms with E-state index in [1.54, 1.807) is 22.7 Å². The predicted molar refractivity (Wildman–Crippen MR) is 166 cm³/mol. The van der Waals surface area contributed by atoms with Gasteiger partial charge in [-0.2, -0.15) is 26.7 Å². The number of hydrogen-bond acceptors (Lipinski definition) is 15. The number of hydroxylamine groups is 2. The molecule has 20 nitrogen and oxygen atoms in total. The van der Waals surface area contributed by atoms with Crippen molar-refractivity contribution in [3.05, 3.63) is 41.3 Å². The van der Waals surface area contributed by atoms with Crippen LogP contribution in [0.15, 0.2) is 35.1 Å². The number of ether oxygens (including phenoxy) is 1. The molecule has 2 fully saturated rings. The summed E-state index contributed by atoms with van der Waals surface area (Å²) in [6, 6.07) is 2.04. The molecule has 2 aliphatic heterocycles. The lowest BCUT2D eigenvalue weighted by molar-refractivity contribution is -0.218. The van der Waals surface area contributed by atoms with Crippen LogP contribution < -0.4 is 21.1 Å². The highest BCUT2D eigenvalue weighted by Crippen LogP contribution is 2.33. The van der Waals surface area contributed by atoms with E-state index in [0.717, 1.165) is 36.5 Å². The highest BCUT2D eigenvalue weighted by atomic mass is 32.3. The summed E-state index contributed by atoms with van der Waals surface area (Å²) in [7, 11) is -5.01. The third kappa shape index (κ3) is 9.78. The summed E-state index contributed by atoms with van der Waals surface area (Å²) in [6.07, 6.45) is -2.39. The average molecular weight is 767 g/mol. The molecule has 2 atom stereocenters. The third-order valence-corrected chi connectivity index (χ3v) is 8.14. The molecule has 3 aromatic rings. The first-order valence-corrected chi connectivity index (χ1v) is 16.5. The van der Waals surface area contributed by atoms with Crippen LogP contribution in [0.1, 0.15) is 25.2 Å². The van der Waals surface area contributed by atoms with E-state index in [1.807, 2.05) is 6.20 Å². The normalized spacial score (nSPS) is 18.2. The first kappa shape index (κ1) is 38.7. The van der Waals surface area contributed by atoms with Gasteiger partial charge in [0.1, 0.15) is 29.7 Å². The Balaban J connectivity index is 0.000000755. The number of alkyl halides is 3. The zero-order valence-electron chi connectivity index (χ0n) is 26.2. The Labute approximate surface area is 288 Å². The molecule has 7 N–H and O–H groups in total. The number of amides is 2. The van der Waals surface area contributed by atoms with E-state index in [1.165, 1.54) is 19.2 Å². The number of nitrogens with zero attached hydrogens (tertiary/aromatic N) is 5. The number of β-lactam (4-membered cyclic amide) rings is 1. The Hall–Kier alpha value is -5.11. The average Bonchev–Trinajstić information content (AvgIpc) is 3.62. The summed E-state index contributed by atoms with van der Waals surface area (Å²) >= 11 is 0.963. The molecule has 0 spiro atoms. The summed E-state index contributed by atoms with van der Waals surface area (Å²) in [5.74, 6) is -5.34. The lowest BCUT2D eigenvalue weighted by Crippen LogP contribution is -2.76. The van der Waals surface area contributed by atoms with Crippen LogP contribution >= 0.6 is 11.3 Å². The Morgan fingerprint density at radius 2 is 1.88 bits per heavy atom.